The second-order valence-electron chi connectivity index (χ2n) is 6.78. The maximum Gasteiger partial charge on any atom is 0.417 e. The van der Waals surface area contributed by atoms with Crippen LogP contribution in [0, 0.1) is 6.92 Å². The summed E-state index contributed by atoms with van der Waals surface area (Å²) in [5, 5.41) is 5.05. The molecule has 0 bridgehead atoms. The molecule has 6 N–H and O–H groups in total. The Morgan fingerprint density at radius 1 is 0.697 bits per heavy atom. The molecule has 3 aromatic carbocycles. The third-order valence-electron chi connectivity index (χ3n) is 4.43. The highest BCUT2D eigenvalue weighted by Gasteiger charge is 2.15. The number of carbonyl (C=O) groups is 4. The van der Waals surface area contributed by atoms with E-state index in [2.05, 4.69) is 10.6 Å². The number of ether oxygens (including phenoxy) is 2. The van der Waals surface area contributed by atoms with Crippen molar-refractivity contribution in [2.75, 3.05) is 10.6 Å². The number of rotatable bonds is 6. The van der Waals surface area contributed by atoms with E-state index in [0.29, 0.717) is 16.9 Å². The molecule has 0 aliphatic carbocycles. The van der Waals surface area contributed by atoms with E-state index in [0.717, 1.165) is 0 Å². The Balaban J connectivity index is 1.70. The highest BCUT2D eigenvalue weighted by atomic mass is 16.6. The van der Waals surface area contributed by atoms with Gasteiger partial charge in [0.15, 0.2) is 0 Å². The van der Waals surface area contributed by atoms with Crippen molar-refractivity contribution in [2.24, 2.45) is 11.5 Å². The third kappa shape index (κ3) is 5.85. The minimum absolute atomic E-state index is 0.00431. The lowest BCUT2D eigenvalue weighted by Gasteiger charge is -2.13. The number of nitrogens with two attached hydrogens (primary N) is 2. The lowest BCUT2D eigenvalue weighted by Crippen LogP contribution is -2.21. The van der Waals surface area contributed by atoms with E-state index in [1.165, 1.54) is 30.3 Å². The summed E-state index contributed by atoms with van der Waals surface area (Å²) >= 11 is 0. The van der Waals surface area contributed by atoms with Crippen LogP contribution < -0.4 is 31.6 Å². The summed E-state index contributed by atoms with van der Waals surface area (Å²) in [6.07, 6.45) is -1.72. The molecule has 10 nitrogen and oxygen atoms in total. The molecule has 3 rings (SSSR count). The van der Waals surface area contributed by atoms with Crippen molar-refractivity contribution in [3.63, 3.8) is 0 Å². The third-order valence-corrected chi connectivity index (χ3v) is 4.43. The van der Waals surface area contributed by atoms with Gasteiger partial charge in [-0.15, -0.1) is 0 Å². The summed E-state index contributed by atoms with van der Waals surface area (Å²) in [6, 6.07) is 16.8. The molecule has 168 valence electrons. The smallest absolute Gasteiger partial charge is 0.409 e. The molecule has 0 spiro atoms. The number of hydrogen-bond acceptors (Lipinski definition) is 6. The molecule has 0 saturated heterocycles. The molecule has 0 radical (unpaired) electrons. The Kier molecular flexibility index (Phi) is 6.89. The van der Waals surface area contributed by atoms with Crippen LogP contribution in [0.3, 0.4) is 0 Å². The van der Waals surface area contributed by atoms with E-state index in [9.17, 15) is 19.2 Å². The lowest BCUT2D eigenvalue weighted by molar-refractivity contribution is 0.0989. The van der Waals surface area contributed by atoms with Gasteiger partial charge in [-0.05, 0) is 48.9 Å². The van der Waals surface area contributed by atoms with Gasteiger partial charge in [-0.2, -0.15) is 0 Å². The number of benzene rings is 3. The van der Waals surface area contributed by atoms with Crippen LogP contribution in [-0.2, 0) is 0 Å². The van der Waals surface area contributed by atoms with Crippen molar-refractivity contribution in [1.82, 2.24) is 0 Å². The van der Waals surface area contributed by atoms with Crippen LogP contribution in [0.4, 0.5) is 21.0 Å². The molecule has 0 aliphatic heterocycles. The number of para-hydroxylation sites is 2. The fraction of sp³-hybridized carbons (Fsp3) is 0.0435. The first-order valence-electron chi connectivity index (χ1n) is 9.60. The van der Waals surface area contributed by atoms with Gasteiger partial charge in [-0.25, -0.2) is 9.59 Å². The van der Waals surface area contributed by atoms with Gasteiger partial charge in [-0.1, -0.05) is 30.3 Å². The van der Waals surface area contributed by atoms with Crippen molar-refractivity contribution in [1.29, 1.82) is 0 Å². The molecule has 0 unspecified atom stereocenters. The second kappa shape index (κ2) is 9.96. The molecule has 0 aliphatic rings. The van der Waals surface area contributed by atoms with Crippen LogP contribution in [0.2, 0.25) is 0 Å². The van der Waals surface area contributed by atoms with Crippen molar-refractivity contribution < 1.29 is 28.7 Å². The molecule has 0 heterocycles. The molecule has 0 atom stereocenters. The Hall–Kier alpha value is -4.86. The van der Waals surface area contributed by atoms with Gasteiger partial charge in [0, 0.05) is 11.4 Å². The van der Waals surface area contributed by atoms with Crippen molar-refractivity contribution in [3.8, 4) is 11.5 Å². The number of carbonyl (C=O) groups excluding carboxylic acids is 4. The summed E-state index contributed by atoms with van der Waals surface area (Å²) in [6.45, 7) is 1.73. The van der Waals surface area contributed by atoms with Gasteiger partial charge in [0.2, 0.25) is 0 Å². The van der Waals surface area contributed by atoms with Gasteiger partial charge in [0.1, 0.15) is 11.5 Å². The zero-order valence-electron chi connectivity index (χ0n) is 17.5. The van der Waals surface area contributed by atoms with Crippen molar-refractivity contribution in [3.05, 3.63) is 83.4 Å². The molecule has 0 saturated carbocycles. The maximum absolute atomic E-state index is 12.3. The zero-order valence-corrected chi connectivity index (χ0v) is 17.5. The fourth-order valence-electron chi connectivity index (χ4n) is 2.83. The lowest BCUT2D eigenvalue weighted by atomic mass is 10.2. The van der Waals surface area contributed by atoms with Crippen LogP contribution in [0.5, 0.6) is 11.5 Å². The largest absolute Gasteiger partial charge is 0.417 e. The SMILES string of the molecule is Cc1ccc(NC(=O)Oc2ccccc2C(N)=O)cc1NC(=O)Oc1ccccc1C(N)=O. The van der Waals surface area contributed by atoms with Gasteiger partial charge >= 0.3 is 12.2 Å². The topological polar surface area (TPSA) is 163 Å². The van der Waals surface area contributed by atoms with Gasteiger partial charge in [-0.3, -0.25) is 20.2 Å². The van der Waals surface area contributed by atoms with Crippen LogP contribution in [0.25, 0.3) is 0 Å². The van der Waals surface area contributed by atoms with E-state index in [-0.39, 0.29) is 22.6 Å². The second-order valence-corrected chi connectivity index (χ2v) is 6.78. The number of nitrogens with one attached hydrogen (secondary N) is 2. The molecular weight excluding hydrogens is 428 g/mol. The first-order chi connectivity index (χ1) is 15.7. The van der Waals surface area contributed by atoms with Crippen LogP contribution in [-0.4, -0.2) is 24.0 Å². The Bertz CT molecular complexity index is 1240. The van der Waals surface area contributed by atoms with Gasteiger partial charge < -0.3 is 20.9 Å². The fourth-order valence-corrected chi connectivity index (χ4v) is 2.83. The predicted octanol–water partition coefficient (Wildman–Crippen LogP) is 3.41. The Labute approximate surface area is 188 Å². The highest BCUT2D eigenvalue weighted by Crippen LogP contribution is 2.23. The van der Waals surface area contributed by atoms with E-state index < -0.39 is 24.0 Å². The number of anilines is 2. The number of primary amides is 2. The van der Waals surface area contributed by atoms with Crippen molar-refractivity contribution >= 4 is 35.4 Å². The summed E-state index contributed by atoms with van der Waals surface area (Å²) in [7, 11) is 0. The van der Waals surface area contributed by atoms with Crippen LogP contribution >= 0.6 is 0 Å². The summed E-state index contributed by atoms with van der Waals surface area (Å²) in [5.41, 5.74) is 12.0. The molecule has 0 aromatic heterocycles. The average molecular weight is 448 g/mol. The maximum atomic E-state index is 12.3. The summed E-state index contributed by atoms with van der Waals surface area (Å²) in [5.74, 6) is -1.47. The summed E-state index contributed by atoms with van der Waals surface area (Å²) in [4.78, 5) is 47.6. The average Bonchev–Trinajstić information content (AvgIpc) is 2.76. The first-order valence-corrected chi connectivity index (χ1v) is 9.60. The highest BCUT2D eigenvalue weighted by molar-refractivity contribution is 5.98. The number of hydrogen-bond donors (Lipinski definition) is 4. The number of aryl methyl sites for hydroxylation is 1. The van der Waals surface area contributed by atoms with Crippen LogP contribution in [0.15, 0.2) is 66.7 Å². The Morgan fingerprint density at radius 2 is 1.18 bits per heavy atom. The predicted molar refractivity (Wildman–Crippen MR) is 120 cm³/mol. The minimum Gasteiger partial charge on any atom is -0.409 e. The van der Waals surface area contributed by atoms with E-state index >= 15 is 0 Å². The quantitative estimate of drug-likeness (QED) is 0.451. The first kappa shape index (κ1) is 22.8. The zero-order chi connectivity index (χ0) is 24.0. The van der Waals surface area contributed by atoms with E-state index in [4.69, 9.17) is 20.9 Å². The van der Waals surface area contributed by atoms with Gasteiger partial charge in [0.25, 0.3) is 11.8 Å². The standard InChI is InChI=1S/C23H20N4O6/c1-13-10-11-14(26-22(30)32-18-8-4-2-6-15(18)20(24)28)12-17(13)27-23(31)33-19-9-5-3-7-16(19)21(25)29/h2-12H,1H3,(H2,24,28)(H2,25,29)(H,26,30)(H,27,31). The molecule has 33 heavy (non-hydrogen) atoms. The minimum atomic E-state index is -0.864. The Morgan fingerprint density at radius 3 is 1.70 bits per heavy atom. The molecule has 0 fully saturated rings. The van der Waals surface area contributed by atoms with Gasteiger partial charge in [0.05, 0.1) is 11.1 Å². The number of amides is 4. The van der Waals surface area contributed by atoms with Crippen molar-refractivity contribution in [2.45, 2.75) is 6.92 Å². The molecule has 3 aromatic rings. The van der Waals surface area contributed by atoms with E-state index in [1.807, 2.05) is 0 Å². The van der Waals surface area contributed by atoms with E-state index in [1.54, 1.807) is 43.3 Å². The molecule has 4 amide bonds. The molecule has 10 heteroatoms. The summed E-state index contributed by atoms with van der Waals surface area (Å²) < 4.78 is 10.4. The normalized spacial score (nSPS) is 10.1. The monoisotopic (exact) mass is 448 g/mol. The molecular formula is C23H20N4O6. The van der Waals surface area contributed by atoms with Crippen LogP contribution in [0.1, 0.15) is 26.3 Å².